The van der Waals surface area contributed by atoms with Gasteiger partial charge in [-0.2, -0.15) is 13.2 Å². The van der Waals surface area contributed by atoms with E-state index in [2.05, 4.69) is 15.4 Å². The molecular formula is C11H16F3N5O. The van der Waals surface area contributed by atoms with E-state index in [1.165, 1.54) is 13.4 Å². The molecular weight excluding hydrogens is 275 g/mol. The summed E-state index contributed by atoms with van der Waals surface area (Å²) in [4.78, 5) is 9.73. The third-order valence-corrected chi connectivity index (χ3v) is 3.38. The minimum absolute atomic E-state index is 0.0437. The molecule has 3 N–H and O–H groups in total. The van der Waals surface area contributed by atoms with Crippen LogP contribution in [0.4, 0.5) is 24.8 Å². The van der Waals surface area contributed by atoms with E-state index in [-0.39, 0.29) is 25.9 Å². The molecule has 1 aliphatic rings. The second-order valence-corrected chi connectivity index (χ2v) is 4.53. The molecule has 112 valence electrons. The maximum atomic E-state index is 12.6. The van der Waals surface area contributed by atoms with E-state index in [1.807, 2.05) is 0 Å². The van der Waals surface area contributed by atoms with Crippen molar-refractivity contribution in [1.82, 2.24) is 9.97 Å². The van der Waals surface area contributed by atoms with Gasteiger partial charge < -0.3 is 15.1 Å². The molecule has 0 bridgehead atoms. The first-order valence-corrected chi connectivity index (χ1v) is 6.14. The van der Waals surface area contributed by atoms with Gasteiger partial charge >= 0.3 is 6.18 Å². The molecule has 2 rings (SSSR count). The molecule has 0 unspecified atom stereocenters. The highest BCUT2D eigenvalue weighted by Gasteiger charge is 2.41. The van der Waals surface area contributed by atoms with Crippen molar-refractivity contribution >= 4 is 11.6 Å². The molecule has 2 heterocycles. The van der Waals surface area contributed by atoms with Crippen molar-refractivity contribution in [3.05, 3.63) is 6.33 Å². The molecule has 0 radical (unpaired) electrons. The van der Waals surface area contributed by atoms with E-state index in [4.69, 9.17) is 10.6 Å². The van der Waals surface area contributed by atoms with E-state index in [0.717, 1.165) is 0 Å². The Balaban J connectivity index is 2.15. The summed E-state index contributed by atoms with van der Waals surface area (Å²) in [5, 5.41) is 0. The zero-order chi connectivity index (χ0) is 14.8. The number of halogens is 3. The Bertz CT molecular complexity index is 460. The van der Waals surface area contributed by atoms with Crippen LogP contribution in [0.3, 0.4) is 0 Å². The lowest BCUT2D eigenvalue weighted by atomic mass is 9.96. The maximum Gasteiger partial charge on any atom is 0.391 e. The Labute approximate surface area is 114 Å². The first-order valence-electron chi connectivity index (χ1n) is 6.14. The molecule has 0 amide bonds. The van der Waals surface area contributed by atoms with Crippen molar-refractivity contribution in [3.8, 4) is 5.75 Å². The third-order valence-electron chi connectivity index (χ3n) is 3.38. The number of methoxy groups -OCH3 is 1. The molecule has 1 fully saturated rings. The predicted octanol–water partition coefficient (Wildman–Crippen LogP) is 1.55. The molecule has 1 aliphatic heterocycles. The van der Waals surface area contributed by atoms with Gasteiger partial charge in [0.15, 0.2) is 11.6 Å². The lowest BCUT2D eigenvalue weighted by Gasteiger charge is -2.34. The van der Waals surface area contributed by atoms with Crippen LogP contribution < -0.4 is 20.9 Å². The zero-order valence-electron chi connectivity index (χ0n) is 10.9. The Morgan fingerprint density at radius 1 is 1.35 bits per heavy atom. The van der Waals surface area contributed by atoms with Crippen LogP contribution in [0.25, 0.3) is 0 Å². The van der Waals surface area contributed by atoms with Gasteiger partial charge in [0.25, 0.3) is 0 Å². The van der Waals surface area contributed by atoms with Gasteiger partial charge in [-0.3, -0.25) is 0 Å². The van der Waals surface area contributed by atoms with E-state index >= 15 is 0 Å². The highest BCUT2D eigenvalue weighted by Crippen LogP contribution is 2.38. The molecule has 20 heavy (non-hydrogen) atoms. The van der Waals surface area contributed by atoms with Crippen molar-refractivity contribution in [2.75, 3.05) is 30.5 Å². The van der Waals surface area contributed by atoms with Crippen molar-refractivity contribution in [2.45, 2.75) is 19.0 Å². The van der Waals surface area contributed by atoms with Gasteiger partial charge in [0.05, 0.1) is 13.0 Å². The number of ether oxygens (including phenoxy) is 1. The first-order chi connectivity index (χ1) is 9.47. The topological polar surface area (TPSA) is 76.3 Å². The van der Waals surface area contributed by atoms with Gasteiger partial charge in [-0.1, -0.05) is 0 Å². The molecule has 0 atom stereocenters. The van der Waals surface area contributed by atoms with E-state index in [1.54, 1.807) is 4.90 Å². The number of hydrogen-bond donors (Lipinski definition) is 2. The lowest BCUT2D eigenvalue weighted by molar-refractivity contribution is -0.179. The number of hydrazine groups is 1. The van der Waals surface area contributed by atoms with Crippen LogP contribution in [0.1, 0.15) is 12.8 Å². The van der Waals surface area contributed by atoms with Crippen molar-refractivity contribution in [2.24, 2.45) is 11.8 Å². The highest BCUT2D eigenvalue weighted by atomic mass is 19.4. The van der Waals surface area contributed by atoms with E-state index in [9.17, 15) is 13.2 Å². The van der Waals surface area contributed by atoms with E-state index < -0.39 is 12.1 Å². The first kappa shape index (κ1) is 14.6. The van der Waals surface area contributed by atoms with Gasteiger partial charge in [-0.25, -0.2) is 15.8 Å². The highest BCUT2D eigenvalue weighted by molar-refractivity contribution is 5.64. The number of nitrogens with one attached hydrogen (secondary N) is 1. The smallest absolute Gasteiger partial charge is 0.391 e. The van der Waals surface area contributed by atoms with Gasteiger partial charge in [0.1, 0.15) is 6.33 Å². The number of nitrogens with zero attached hydrogens (tertiary/aromatic N) is 3. The number of nitrogen functional groups attached to an aromatic ring is 1. The molecule has 0 aliphatic carbocycles. The van der Waals surface area contributed by atoms with Crippen LogP contribution in [0.15, 0.2) is 6.33 Å². The normalized spacial score (nSPS) is 17.1. The second-order valence-electron chi connectivity index (χ2n) is 4.53. The SMILES string of the molecule is COc1c(NN)ncnc1N1CCC(C(F)(F)F)CC1. The van der Waals surface area contributed by atoms with Crippen molar-refractivity contribution in [3.63, 3.8) is 0 Å². The molecule has 0 spiro atoms. The van der Waals surface area contributed by atoms with Gasteiger partial charge in [0.2, 0.25) is 5.75 Å². The molecule has 9 heteroatoms. The predicted molar refractivity (Wildman–Crippen MR) is 67.4 cm³/mol. The molecule has 6 nitrogen and oxygen atoms in total. The summed E-state index contributed by atoms with van der Waals surface area (Å²) in [7, 11) is 1.44. The zero-order valence-corrected chi connectivity index (χ0v) is 10.9. The minimum atomic E-state index is -4.13. The number of alkyl halides is 3. The van der Waals surface area contributed by atoms with Crippen LogP contribution >= 0.6 is 0 Å². The van der Waals surface area contributed by atoms with Crippen LogP contribution in [0.5, 0.6) is 5.75 Å². The molecule has 0 saturated carbocycles. The van der Waals surface area contributed by atoms with Gasteiger partial charge in [0, 0.05) is 13.1 Å². The average Bonchev–Trinajstić information content (AvgIpc) is 2.45. The maximum absolute atomic E-state index is 12.6. The second kappa shape index (κ2) is 5.70. The van der Waals surface area contributed by atoms with E-state index in [0.29, 0.717) is 17.4 Å². The summed E-state index contributed by atoms with van der Waals surface area (Å²) >= 11 is 0. The van der Waals surface area contributed by atoms with Crippen LogP contribution in [-0.2, 0) is 0 Å². The summed E-state index contributed by atoms with van der Waals surface area (Å²) < 4.78 is 43.1. The van der Waals surface area contributed by atoms with Crippen LogP contribution in [-0.4, -0.2) is 36.3 Å². The van der Waals surface area contributed by atoms with Crippen LogP contribution in [0, 0.1) is 5.92 Å². The Kier molecular flexibility index (Phi) is 4.17. The van der Waals surface area contributed by atoms with Crippen LogP contribution in [0.2, 0.25) is 0 Å². The standard InChI is InChI=1S/C11H16F3N5O/c1-20-8-9(18-15)16-6-17-10(8)19-4-2-7(3-5-19)11(12,13)14/h6-7H,2-5,15H2,1H3,(H,16,17,18). The summed E-state index contributed by atoms with van der Waals surface area (Å²) in [5.41, 5.74) is 2.38. The summed E-state index contributed by atoms with van der Waals surface area (Å²) in [6.45, 7) is 0.531. The molecule has 1 aromatic heterocycles. The summed E-state index contributed by atoms with van der Waals surface area (Å²) in [6.07, 6.45) is -2.75. The summed E-state index contributed by atoms with van der Waals surface area (Å²) in [6, 6.07) is 0. The fraction of sp³-hybridized carbons (Fsp3) is 0.636. The molecule has 1 aromatic rings. The molecule has 1 saturated heterocycles. The number of piperidine rings is 1. The number of anilines is 2. The number of hydrogen-bond acceptors (Lipinski definition) is 6. The Hall–Kier alpha value is -1.77. The monoisotopic (exact) mass is 291 g/mol. The number of aromatic nitrogens is 2. The lowest BCUT2D eigenvalue weighted by Crippen LogP contribution is -2.39. The fourth-order valence-corrected chi connectivity index (χ4v) is 2.30. The fourth-order valence-electron chi connectivity index (χ4n) is 2.30. The average molecular weight is 291 g/mol. The summed E-state index contributed by atoms with van der Waals surface area (Å²) in [5.74, 6) is 5.15. The minimum Gasteiger partial charge on any atom is -0.490 e. The Morgan fingerprint density at radius 2 is 2.00 bits per heavy atom. The number of nitrogens with two attached hydrogens (primary N) is 1. The van der Waals surface area contributed by atoms with Crippen molar-refractivity contribution < 1.29 is 17.9 Å². The van der Waals surface area contributed by atoms with Crippen molar-refractivity contribution in [1.29, 1.82) is 0 Å². The number of rotatable bonds is 3. The quantitative estimate of drug-likeness (QED) is 0.650. The van der Waals surface area contributed by atoms with Gasteiger partial charge in [-0.05, 0) is 12.8 Å². The van der Waals surface area contributed by atoms with Gasteiger partial charge in [-0.15, -0.1) is 0 Å². The largest absolute Gasteiger partial charge is 0.490 e. The Morgan fingerprint density at radius 3 is 2.50 bits per heavy atom. The third kappa shape index (κ3) is 2.87. The molecule has 0 aromatic carbocycles.